The molecule has 1 N–H and O–H groups in total. The number of nitrogens with zero attached hydrogens (tertiary/aromatic N) is 1. The molecule has 1 aliphatic heterocycles. The van der Waals surface area contributed by atoms with Crippen LogP contribution in [0.2, 0.25) is 0 Å². The zero-order valence-corrected chi connectivity index (χ0v) is 11.1. The smallest absolute Gasteiger partial charge is 0.00966 e. The topological polar surface area (TPSA) is 15.3 Å². The standard InChI is InChI=1S/C14H28N2/c1-3-4-10-16(13-6-7-13)12-14(2)8-5-9-15-11-14/h13,15H,3-12H2,1-2H3. The van der Waals surface area contributed by atoms with E-state index in [0.29, 0.717) is 5.41 Å². The van der Waals surface area contributed by atoms with Crippen molar-refractivity contribution in [2.24, 2.45) is 5.41 Å². The maximum atomic E-state index is 3.57. The van der Waals surface area contributed by atoms with Gasteiger partial charge in [-0.05, 0) is 50.6 Å². The average molecular weight is 224 g/mol. The Hall–Kier alpha value is -0.0800. The molecule has 0 radical (unpaired) electrons. The Kier molecular flexibility index (Phi) is 4.26. The van der Waals surface area contributed by atoms with E-state index in [1.54, 1.807) is 0 Å². The molecule has 2 heteroatoms. The Bertz CT molecular complexity index is 205. The summed E-state index contributed by atoms with van der Waals surface area (Å²) in [7, 11) is 0. The van der Waals surface area contributed by atoms with Crippen LogP contribution in [0.25, 0.3) is 0 Å². The lowest BCUT2D eigenvalue weighted by molar-refractivity contribution is 0.125. The van der Waals surface area contributed by atoms with Crippen LogP contribution in [-0.2, 0) is 0 Å². The van der Waals surface area contributed by atoms with Gasteiger partial charge in [-0.2, -0.15) is 0 Å². The van der Waals surface area contributed by atoms with E-state index in [1.807, 2.05) is 0 Å². The normalized spacial score (nSPS) is 30.9. The summed E-state index contributed by atoms with van der Waals surface area (Å²) in [4.78, 5) is 2.77. The van der Waals surface area contributed by atoms with Crippen LogP contribution in [0.4, 0.5) is 0 Å². The highest BCUT2D eigenvalue weighted by Gasteiger charge is 2.35. The summed E-state index contributed by atoms with van der Waals surface area (Å²) in [6.07, 6.45) is 8.39. The fourth-order valence-corrected chi connectivity index (χ4v) is 2.94. The van der Waals surface area contributed by atoms with E-state index in [-0.39, 0.29) is 0 Å². The first-order chi connectivity index (χ1) is 7.73. The van der Waals surface area contributed by atoms with E-state index in [9.17, 15) is 0 Å². The molecule has 1 heterocycles. The third-order valence-electron chi connectivity index (χ3n) is 4.13. The van der Waals surface area contributed by atoms with Gasteiger partial charge in [0.25, 0.3) is 0 Å². The lowest BCUT2D eigenvalue weighted by Crippen LogP contribution is -2.46. The summed E-state index contributed by atoms with van der Waals surface area (Å²) in [6, 6.07) is 0.935. The molecule has 0 bridgehead atoms. The van der Waals surface area contributed by atoms with Gasteiger partial charge in [0, 0.05) is 19.1 Å². The SMILES string of the molecule is CCCCN(CC1(C)CCCNC1)C1CC1. The highest BCUT2D eigenvalue weighted by atomic mass is 15.2. The monoisotopic (exact) mass is 224 g/mol. The number of piperidine rings is 1. The molecule has 2 rings (SSSR count). The number of hydrogen-bond donors (Lipinski definition) is 1. The van der Waals surface area contributed by atoms with Crippen molar-refractivity contribution in [3.63, 3.8) is 0 Å². The third-order valence-corrected chi connectivity index (χ3v) is 4.13. The molecule has 0 spiro atoms. The van der Waals surface area contributed by atoms with Gasteiger partial charge in [-0.15, -0.1) is 0 Å². The van der Waals surface area contributed by atoms with Crippen LogP contribution in [0.5, 0.6) is 0 Å². The van der Waals surface area contributed by atoms with E-state index in [0.717, 1.165) is 6.04 Å². The zero-order valence-electron chi connectivity index (χ0n) is 11.1. The van der Waals surface area contributed by atoms with Crippen molar-refractivity contribution in [3.8, 4) is 0 Å². The second-order valence-corrected chi connectivity index (χ2v) is 6.15. The van der Waals surface area contributed by atoms with Crippen LogP contribution < -0.4 is 5.32 Å². The van der Waals surface area contributed by atoms with Crippen LogP contribution in [0.1, 0.15) is 52.4 Å². The van der Waals surface area contributed by atoms with Gasteiger partial charge >= 0.3 is 0 Å². The quantitative estimate of drug-likeness (QED) is 0.746. The van der Waals surface area contributed by atoms with Crippen molar-refractivity contribution < 1.29 is 0 Å². The first kappa shape index (κ1) is 12.4. The lowest BCUT2D eigenvalue weighted by Gasteiger charge is -2.39. The Morgan fingerprint density at radius 1 is 1.38 bits per heavy atom. The Labute approximate surface area is 101 Å². The molecule has 1 aliphatic carbocycles. The largest absolute Gasteiger partial charge is 0.316 e. The third kappa shape index (κ3) is 3.46. The van der Waals surface area contributed by atoms with Gasteiger partial charge < -0.3 is 5.32 Å². The molecule has 1 saturated heterocycles. The van der Waals surface area contributed by atoms with Gasteiger partial charge in [0.05, 0.1) is 0 Å². The summed E-state index contributed by atoms with van der Waals surface area (Å²) in [6.45, 7) is 9.88. The van der Waals surface area contributed by atoms with Crippen LogP contribution >= 0.6 is 0 Å². The van der Waals surface area contributed by atoms with E-state index in [4.69, 9.17) is 0 Å². The Morgan fingerprint density at radius 3 is 2.75 bits per heavy atom. The Morgan fingerprint density at radius 2 is 2.19 bits per heavy atom. The van der Waals surface area contributed by atoms with Crippen LogP contribution in [0, 0.1) is 5.41 Å². The van der Waals surface area contributed by atoms with Crippen molar-refractivity contribution in [1.29, 1.82) is 0 Å². The molecule has 94 valence electrons. The van der Waals surface area contributed by atoms with Gasteiger partial charge in [0.2, 0.25) is 0 Å². The van der Waals surface area contributed by atoms with E-state index >= 15 is 0 Å². The molecule has 0 aromatic heterocycles. The van der Waals surface area contributed by atoms with Crippen molar-refractivity contribution >= 4 is 0 Å². The van der Waals surface area contributed by atoms with Gasteiger partial charge in [-0.25, -0.2) is 0 Å². The molecular weight excluding hydrogens is 196 g/mol. The first-order valence-corrected chi connectivity index (χ1v) is 7.18. The van der Waals surface area contributed by atoms with Gasteiger partial charge in [0.1, 0.15) is 0 Å². The van der Waals surface area contributed by atoms with Crippen molar-refractivity contribution in [2.75, 3.05) is 26.2 Å². The summed E-state index contributed by atoms with van der Waals surface area (Å²) in [5, 5.41) is 3.57. The zero-order chi connectivity index (χ0) is 11.4. The maximum Gasteiger partial charge on any atom is 0.00966 e. The highest BCUT2D eigenvalue weighted by Crippen LogP contribution is 2.33. The second kappa shape index (κ2) is 5.50. The van der Waals surface area contributed by atoms with Crippen LogP contribution in [0.3, 0.4) is 0 Å². The average Bonchev–Trinajstić information content (AvgIpc) is 3.09. The molecule has 1 saturated carbocycles. The predicted octanol–water partition coefficient (Wildman–Crippen LogP) is 2.64. The fourth-order valence-electron chi connectivity index (χ4n) is 2.94. The number of rotatable bonds is 6. The molecule has 2 aliphatic rings. The molecule has 1 atom stereocenters. The summed E-state index contributed by atoms with van der Waals surface area (Å²) in [5.41, 5.74) is 0.536. The van der Waals surface area contributed by atoms with E-state index in [1.165, 1.54) is 64.7 Å². The minimum atomic E-state index is 0.536. The van der Waals surface area contributed by atoms with E-state index < -0.39 is 0 Å². The molecule has 1 unspecified atom stereocenters. The lowest BCUT2D eigenvalue weighted by atomic mass is 9.82. The van der Waals surface area contributed by atoms with Crippen molar-refractivity contribution in [1.82, 2.24) is 10.2 Å². The Balaban J connectivity index is 1.83. The molecule has 2 fully saturated rings. The summed E-state index contributed by atoms with van der Waals surface area (Å²) >= 11 is 0. The van der Waals surface area contributed by atoms with Crippen molar-refractivity contribution in [2.45, 2.75) is 58.4 Å². The van der Waals surface area contributed by atoms with Gasteiger partial charge in [-0.3, -0.25) is 4.90 Å². The first-order valence-electron chi connectivity index (χ1n) is 7.18. The molecule has 0 amide bonds. The molecule has 0 aromatic carbocycles. The molecule has 2 nitrogen and oxygen atoms in total. The number of hydrogen-bond acceptors (Lipinski definition) is 2. The van der Waals surface area contributed by atoms with E-state index in [2.05, 4.69) is 24.1 Å². The number of unbranched alkanes of at least 4 members (excludes halogenated alkanes) is 1. The van der Waals surface area contributed by atoms with Crippen LogP contribution in [0.15, 0.2) is 0 Å². The summed E-state index contributed by atoms with van der Waals surface area (Å²) in [5.74, 6) is 0. The highest BCUT2D eigenvalue weighted by molar-refractivity contribution is 4.91. The molecular formula is C14H28N2. The minimum Gasteiger partial charge on any atom is -0.316 e. The number of nitrogens with one attached hydrogen (secondary N) is 1. The molecule has 0 aromatic rings. The van der Waals surface area contributed by atoms with Gasteiger partial charge in [0.15, 0.2) is 0 Å². The minimum absolute atomic E-state index is 0.536. The molecule has 16 heavy (non-hydrogen) atoms. The summed E-state index contributed by atoms with van der Waals surface area (Å²) < 4.78 is 0. The predicted molar refractivity (Wildman–Crippen MR) is 69.7 cm³/mol. The van der Waals surface area contributed by atoms with Crippen molar-refractivity contribution in [3.05, 3.63) is 0 Å². The van der Waals surface area contributed by atoms with Crippen LogP contribution in [-0.4, -0.2) is 37.1 Å². The second-order valence-electron chi connectivity index (χ2n) is 6.15. The van der Waals surface area contributed by atoms with Gasteiger partial charge in [-0.1, -0.05) is 20.3 Å². The maximum absolute atomic E-state index is 3.57. The fraction of sp³-hybridized carbons (Fsp3) is 1.00.